The van der Waals surface area contributed by atoms with Gasteiger partial charge in [0.25, 0.3) is 0 Å². The highest BCUT2D eigenvalue weighted by atomic mass is 35.5. The molecule has 210 valence electrons. The summed E-state index contributed by atoms with van der Waals surface area (Å²) in [5.41, 5.74) is 2.67. The number of hydrogen-bond donors (Lipinski definition) is 3. The maximum absolute atomic E-state index is 12.5. The quantitative estimate of drug-likeness (QED) is 0.257. The van der Waals surface area contributed by atoms with Crippen LogP contribution in [0.1, 0.15) is 20.3 Å². The van der Waals surface area contributed by atoms with Crippen molar-refractivity contribution >= 4 is 62.8 Å². The van der Waals surface area contributed by atoms with E-state index in [0.29, 0.717) is 50.7 Å². The molecule has 0 bridgehead atoms. The number of rotatable bonds is 13. The lowest BCUT2D eigenvalue weighted by Crippen LogP contribution is -2.29. The van der Waals surface area contributed by atoms with Crippen LogP contribution in [0.3, 0.4) is 0 Å². The van der Waals surface area contributed by atoms with E-state index in [9.17, 15) is 9.00 Å². The van der Waals surface area contributed by atoms with Crippen LogP contribution in [0.25, 0.3) is 0 Å². The first kappa shape index (κ1) is 30.1. The topological polar surface area (TPSA) is 112 Å². The first-order valence-electron chi connectivity index (χ1n) is 12.6. The maximum Gasteiger partial charge on any atom is 0.229 e. The van der Waals surface area contributed by atoms with Gasteiger partial charge in [-0.15, -0.1) is 0 Å². The zero-order valence-electron chi connectivity index (χ0n) is 23.2. The molecule has 3 rings (SSSR count). The number of nitrogens with zero attached hydrogens (tertiary/aromatic N) is 4. The van der Waals surface area contributed by atoms with E-state index in [-0.39, 0.29) is 11.9 Å². The monoisotopic (exact) mass is 573 g/mol. The van der Waals surface area contributed by atoms with Gasteiger partial charge in [0.1, 0.15) is 10.8 Å². The van der Waals surface area contributed by atoms with Gasteiger partial charge in [-0.05, 0) is 32.3 Å². The first-order chi connectivity index (χ1) is 18.7. The van der Waals surface area contributed by atoms with Crippen molar-refractivity contribution in [3.05, 3.63) is 47.6 Å². The fourth-order valence-corrected chi connectivity index (χ4v) is 4.69. The summed E-state index contributed by atoms with van der Waals surface area (Å²) in [4.78, 5) is 26.0. The minimum Gasteiger partial charge on any atom is -0.494 e. The Kier molecular flexibility index (Phi) is 10.9. The highest BCUT2D eigenvalue weighted by Gasteiger charge is 2.18. The first-order valence-corrected chi connectivity index (χ1v) is 14.3. The Morgan fingerprint density at radius 3 is 2.46 bits per heavy atom. The average molecular weight is 574 g/mol. The van der Waals surface area contributed by atoms with E-state index in [1.54, 1.807) is 20.1 Å². The lowest BCUT2D eigenvalue weighted by molar-refractivity contribution is -0.115. The second-order valence-corrected chi connectivity index (χ2v) is 11.1. The summed E-state index contributed by atoms with van der Waals surface area (Å²) in [7, 11) is 6.41. The number of benzene rings is 2. The third kappa shape index (κ3) is 8.04. The zero-order valence-corrected chi connectivity index (χ0v) is 24.7. The summed E-state index contributed by atoms with van der Waals surface area (Å²) in [5, 5.41) is 9.67. The molecule has 0 saturated carbocycles. The van der Waals surface area contributed by atoms with E-state index in [4.69, 9.17) is 16.3 Å². The smallest absolute Gasteiger partial charge is 0.229 e. The second kappa shape index (κ2) is 14.1. The summed E-state index contributed by atoms with van der Waals surface area (Å²) in [5.74, 6) is 1.54. The molecule has 3 N–H and O–H groups in total. The predicted molar refractivity (Wildman–Crippen MR) is 161 cm³/mol. The molecule has 0 fully saturated rings. The van der Waals surface area contributed by atoms with Crippen LogP contribution in [-0.4, -0.2) is 72.1 Å². The number of anilines is 6. The van der Waals surface area contributed by atoms with Crippen LogP contribution in [-0.2, 0) is 15.6 Å². The number of amides is 1. The summed E-state index contributed by atoms with van der Waals surface area (Å²) in [6, 6.07) is 11.0. The summed E-state index contributed by atoms with van der Waals surface area (Å²) in [6.45, 7) is 5.25. The van der Waals surface area contributed by atoms with Crippen LogP contribution < -0.4 is 25.6 Å². The van der Waals surface area contributed by atoms with Crippen molar-refractivity contribution in [2.75, 3.05) is 67.9 Å². The number of aromatic nitrogens is 2. The SMILES string of the molecule is CCC(=O)Nc1cc(Nc2ncc(Cl)c(Nc3ccccc3S(=O)CC)n2)c(OC)cc1N(C)CCN(C)C. The number of carbonyl (C=O) groups excluding carboxylic acids is 1. The normalized spacial score (nSPS) is 11.7. The van der Waals surface area contributed by atoms with Gasteiger partial charge < -0.3 is 30.5 Å². The molecule has 10 nitrogen and oxygen atoms in total. The molecule has 12 heteroatoms. The van der Waals surface area contributed by atoms with E-state index < -0.39 is 10.8 Å². The van der Waals surface area contributed by atoms with E-state index in [2.05, 4.69) is 35.7 Å². The molecule has 0 saturated heterocycles. The number of likely N-dealkylation sites (N-methyl/N-ethyl adjacent to an activating group) is 2. The number of hydrogen-bond acceptors (Lipinski definition) is 9. The van der Waals surface area contributed by atoms with Gasteiger partial charge in [0.15, 0.2) is 5.82 Å². The molecule has 39 heavy (non-hydrogen) atoms. The molecule has 0 spiro atoms. The number of ether oxygens (including phenoxy) is 1. The van der Waals surface area contributed by atoms with Crippen molar-refractivity contribution in [1.82, 2.24) is 14.9 Å². The maximum atomic E-state index is 12.5. The van der Waals surface area contributed by atoms with Crippen molar-refractivity contribution in [2.24, 2.45) is 0 Å². The molecule has 1 heterocycles. The van der Waals surface area contributed by atoms with Crippen molar-refractivity contribution < 1.29 is 13.7 Å². The van der Waals surface area contributed by atoms with Gasteiger partial charge in [-0.2, -0.15) is 4.98 Å². The van der Waals surface area contributed by atoms with Gasteiger partial charge in [0, 0.05) is 38.4 Å². The van der Waals surface area contributed by atoms with Gasteiger partial charge in [-0.1, -0.05) is 37.6 Å². The number of halogens is 1. The average Bonchev–Trinajstić information content (AvgIpc) is 2.93. The Bertz CT molecular complexity index is 1320. The number of carbonyl (C=O) groups is 1. The Labute approximate surface area is 237 Å². The van der Waals surface area contributed by atoms with Crippen molar-refractivity contribution in [1.29, 1.82) is 0 Å². The van der Waals surface area contributed by atoms with Gasteiger partial charge in [0.2, 0.25) is 11.9 Å². The molecule has 0 aliphatic rings. The second-order valence-electron chi connectivity index (χ2n) is 8.97. The largest absolute Gasteiger partial charge is 0.494 e. The number of methoxy groups -OCH3 is 1. The molecule has 2 aromatic carbocycles. The predicted octanol–water partition coefficient (Wildman–Crippen LogP) is 5.10. The fourth-order valence-electron chi connectivity index (χ4n) is 3.65. The van der Waals surface area contributed by atoms with Crippen LogP contribution in [0.2, 0.25) is 5.02 Å². The molecule has 1 aromatic heterocycles. The zero-order chi connectivity index (χ0) is 28.5. The van der Waals surface area contributed by atoms with Gasteiger partial charge in [-0.3, -0.25) is 9.00 Å². The van der Waals surface area contributed by atoms with E-state index in [0.717, 1.165) is 18.8 Å². The standard InChI is InChI=1S/C27H36ClN7O3S/c1-7-25(36)30-20-15-21(23(38-6)16-22(20)35(5)14-13-34(3)4)32-27-29-17-18(28)26(33-27)31-19-11-9-10-12-24(19)39(37)8-2/h9-12,15-17H,7-8,13-14H2,1-6H3,(H,30,36)(H2,29,31,32,33). The minimum absolute atomic E-state index is 0.106. The number of para-hydroxylation sites is 1. The third-order valence-corrected chi connectivity index (χ3v) is 7.49. The van der Waals surface area contributed by atoms with Crippen LogP contribution in [0.5, 0.6) is 5.75 Å². The fraction of sp³-hybridized carbons (Fsp3) is 0.370. The Balaban J connectivity index is 1.97. The lowest BCUT2D eigenvalue weighted by Gasteiger charge is -2.26. The highest BCUT2D eigenvalue weighted by molar-refractivity contribution is 7.85. The van der Waals surface area contributed by atoms with E-state index in [1.807, 2.05) is 58.4 Å². The van der Waals surface area contributed by atoms with Crippen molar-refractivity contribution in [2.45, 2.75) is 25.2 Å². The van der Waals surface area contributed by atoms with Gasteiger partial charge >= 0.3 is 0 Å². The highest BCUT2D eigenvalue weighted by Crippen LogP contribution is 2.38. The van der Waals surface area contributed by atoms with Crippen LogP contribution in [0, 0.1) is 0 Å². The summed E-state index contributed by atoms with van der Waals surface area (Å²) in [6.07, 6.45) is 1.82. The van der Waals surface area contributed by atoms with E-state index in [1.165, 1.54) is 6.20 Å². The molecular weight excluding hydrogens is 538 g/mol. The van der Waals surface area contributed by atoms with Crippen LogP contribution >= 0.6 is 11.6 Å². The molecule has 0 aliphatic heterocycles. The third-order valence-electron chi connectivity index (χ3n) is 5.85. The van der Waals surface area contributed by atoms with Gasteiger partial charge in [0.05, 0.1) is 51.8 Å². The molecule has 3 aromatic rings. The molecular formula is C27H36ClN7O3S. The van der Waals surface area contributed by atoms with Gasteiger partial charge in [-0.25, -0.2) is 4.98 Å². The minimum atomic E-state index is -1.16. The Hall–Kier alpha value is -3.41. The van der Waals surface area contributed by atoms with E-state index >= 15 is 0 Å². The Morgan fingerprint density at radius 1 is 1.05 bits per heavy atom. The van der Waals surface area contributed by atoms with Crippen LogP contribution in [0.15, 0.2) is 47.5 Å². The Morgan fingerprint density at radius 2 is 1.79 bits per heavy atom. The number of nitrogens with one attached hydrogen (secondary N) is 3. The van der Waals surface area contributed by atoms with Crippen LogP contribution in [0.4, 0.5) is 34.5 Å². The van der Waals surface area contributed by atoms with Crippen molar-refractivity contribution in [3.8, 4) is 5.75 Å². The molecule has 1 amide bonds. The molecule has 0 aliphatic carbocycles. The molecule has 1 unspecified atom stereocenters. The lowest BCUT2D eigenvalue weighted by atomic mass is 10.2. The summed E-state index contributed by atoms with van der Waals surface area (Å²) < 4.78 is 18.2. The molecule has 1 atom stereocenters. The molecule has 0 radical (unpaired) electrons. The summed E-state index contributed by atoms with van der Waals surface area (Å²) >= 11 is 6.41. The van der Waals surface area contributed by atoms with Crippen molar-refractivity contribution in [3.63, 3.8) is 0 Å².